The Hall–Kier alpha value is -2.10. The van der Waals surface area contributed by atoms with Crippen LogP contribution in [0.3, 0.4) is 0 Å². The first-order chi connectivity index (χ1) is 9.88. The van der Waals surface area contributed by atoms with Gasteiger partial charge in [0.2, 0.25) is 10.0 Å². The smallest absolute Gasteiger partial charge is 0.284 e. The molecule has 0 saturated carbocycles. The van der Waals surface area contributed by atoms with Gasteiger partial charge in [0.25, 0.3) is 5.69 Å². The minimum absolute atomic E-state index is 0.00346. The Balaban J connectivity index is 2.12. The van der Waals surface area contributed by atoms with Crippen molar-refractivity contribution in [2.24, 2.45) is 5.14 Å². The Morgan fingerprint density at radius 1 is 1.10 bits per heavy atom. The quantitative estimate of drug-likeness (QED) is 0.495. The summed E-state index contributed by atoms with van der Waals surface area (Å²) in [6.45, 7) is 0. The number of nitrogens with two attached hydrogens (primary N) is 1. The molecule has 0 heterocycles. The minimum atomic E-state index is -3.73. The zero-order valence-electron chi connectivity index (χ0n) is 10.6. The van der Waals surface area contributed by atoms with E-state index < -0.39 is 14.9 Å². The summed E-state index contributed by atoms with van der Waals surface area (Å²) in [6.07, 6.45) is 0. The van der Waals surface area contributed by atoms with Crippen LogP contribution in [0.4, 0.5) is 11.4 Å². The van der Waals surface area contributed by atoms with Crippen molar-refractivity contribution in [2.75, 3.05) is 4.72 Å². The molecule has 0 unspecified atom stereocenters. The van der Waals surface area contributed by atoms with E-state index in [2.05, 4.69) is 4.72 Å². The summed E-state index contributed by atoms with van der Waals surface area (Å²) in [4.78, 5) is 10.9. The predicted molar refractivity (Wildman–Crippen MR) is 80.4 cm³/mol. The SMILES string of the molecule is NS(=O)(=O)c1ccc(NSc2ccccc2[N+](=O)[O-])cc1. The molecule has 0 aromatic heterocycles. The van der Waals surface area contributed by atoms with Gasteiger partial charge in [0, 0.05) is 11.8 Å². The number of sulfonamides is 1. The molecule has 2 aromatic rings. The van der Waals surface area contributed by atoms with E-state index in [1.807, 2.05) is 0 Å². The molecule has 3 N–H and O–H groups in total. The topological polar surface area (TPSA) is 115 Å². The molecule has 110 valence electrons. The number of primary sulfonamides is 1. The van der Waals surface area contributed by atoms with E-state index >= 15 is 0 Å². The number of hydrogen-bond donors (Lipinski definition) is 2. The van der Waals surface area contributed by atoms with Gasteiger partial charge in [-0.15, -0.1) is 0 Å². The van der Waals surface area contributed by atoms with E-state index in [9.17, 15) is 18.5 Å². The van der Waals surface area contributed by atoms with Crippen molar-refractivity contribution in [3.63, 3.8) is 0 Å². The molecule has 0 aliphatic rings. The van der Waals surface area contributed by atoms with E-state index in [0.717, 1.165) is 11.9 Å². The zero-order chi connectivity index (χ0) is 15.5. The van der Waals surface area contributed by atoms with E-state index in [1.54, 1.807) is 18.2 Å². The highest BCUT2D eigenvalue weighted by atomic mass is 32.2. The highest BCUT2D eigenvalue weighted by Gasteiger charge is 2.13. The fourth-order valence-corrected chi connectivity index (χ4v) is 2.79. The van der Waals surface area contributed by atoms with Crippen LogP contribution in [-0.2, 0) is 10.0 Å². The fraction of sp³-hybridized carbons (Fsp3) is 0. The second-order valence-electron chi connectivity index (χ2n) is 4.00. The molecule has 0 fully saturated rings. The summed E-state index contributed by atoms with van der Waals surface area (Å²) in [5.41, 5.74) is 0.599. The number of rotatable bonds is 5. The zero-order valence-corrected chi connectivity index (χ0v) is 12.2. The van der Waals surface area contributed by atoms with Crippen LogP contribution in [0.2, 0.25) is 0 Å². The van der Waals surface area contributed by atoms with Crippen molar-refractivity contribution in [3.05, 3.63) is 58.6 Å². The van der Waals surface area contributed by atoms with Crippen molar-refractivity contribution in [2.45, 2.75) is 9.79 Å². The molecule has 7 nitrogen and oxygen atoms in total. The number of para-hydroxylation sites is 1. The lowest BCUT2D eigenvalue weighted by atomic mass is 10.3. The highest BCUT2D eigenvalue weighted by Crippen LogP contribution is 2.29. The van der Waals surface area contributed by atoms with Crippen LogP contribution >= 0.6 is 11.9 Å². The van der Waals surface area contributed by atoms with Crippen LogP contribution in [0.15, 0.2) is 58.3 Å². The lowest BCUT2D eigenvalue weighted by Gasteiger charge is -2.06. The van der Waals surface area contributed by atoms with Crippen LogP contribution in [0.1, 0.15) is 0 Å². The summed E-state index contributed by atoms with van der Waals surface area (Å²) in [5, 5.41) is 15.9. The van der Waals surface area contributed by atoms with E-state index in [-0.39, 0.29) is 10.6 Å². The molecule has 2 rings (SSSR count). The van der Waals surface area contributed by atoms with E-state index in [0.29, 0.717) is 10.6 Å². The summed E-state index contributed by atoms with van der Waals surface area (Å²) >= 11 is 1.07. The van der Waals surface area contributed by atoms with Gasteiger partial charge < -0.3 is 4.72 Å². The van der Waals surface area contributed by atoms with Gasteiger partial charge in [-0.2, -0.15) is 0 Å². The normalized spacial score (nSPS) is 11.1. The largest absolute Gasteiger partial charge is 0.325 e. The van der Waals surface area contributed by atoms with Crippen LogP contribution in [0.25, 0.3) is 0 Å². The van der Waals surface area contributed by atoms with Crippen LogP contribution in [0, 0.1) is 10.1 Å². The number of nitro benzene ring substituents is 1. The Bertz CT molecular complexity index is 760. The average Bonchev–Trinajstić information content (AvgIpc) is 2.45. The molecule has 2 aromatic carbocycles. The monoisotopic (exact) mass is 325 g/mol. The van der Waals surface area contributed by atoms with Gasteiger partial charge in [0.15, 0.2) is 0 Å². The molecule has 0 atom stereocenters. The standard InChI is InChI=1S/C12H11N3O4S2/c13-21(18,19)10-7-5-9(6-8-10)14-20-12-4-2-1-3-11(12)15(16)17/h1-8,14H,(H2,13,18,19). The maximum atomic E-state index is 11.1. The number of nitro groups is 1. The van der Waals surface area contributed by atoms with Crippen molar-refractivity contribution in [1.29, 1.82) is 0 Å². The second-order valence-corrected chi connectivity index (χ2v) is 6.41. The van der Waals surface area contributed by atoms with Gasteiger partial charge in [0.1, 0.15) is 4.90 Å². The first-order valence-electron chi connectivity index (χ1n) is 5.67. The summed E-state index contributed by atoms with van der Waals surface area (Å²) < 4.78 is 25.2. The van der Waals surface area contributed by atoms with Crippen molar-refractivity contribution < 1.29 is 13.3 Å². The van der Waals surface area contributed by atoms with Crippen molar-refractivity contribution in [3.8, 4) is 0 Å². The maximum absolute atomic E-state index is 11.1. The molecule has 0 aliphatic carbocycles. The van der Waals surface area contributed by atoms with Gasteiger partial charge in [-0.05, 0) is 42.3 Å². The number of nitrogens with one attached hydrogen (secondary N) is 1. The van der Waals surface area contributed by atoms with Crippen LogP contribution < -0.4 is 9.86 Å². The number of benzene rings is 2. The Kier molecular flexibility index (Phi) is 4.46. The molecular weight excluding hydrogens is 314 g/mol. The van der Waals surface area contributed by atoms with Crippen molar-refractivity contribution >= 4 is 33.3 Å². The first-order valence-corrected chi connectivity index (χ1v) is 8.03. The molecular formula is C12H11N3O4S2. The average molecular weight is 325 g/mol. The Morgan fingerprint density at radius 2 is 1.71 bits per heavy atom. The van der Waals surface area contributed by atoms with Crippen LogP contribution in [0.5, 0.6) is 0 Å². The van der Waals surface area contributed by atoms with E-state index in [1.165, 1.54) is 30.3 Å². The lowest BCUT2D eigenvalue weighted by Crippen LogP contribution is -2.11. The minimum Gasteiger partial charge on any atom is -0.325 e. The van der Waals surface area contributed by atoms with E-state index in [4.69, 9.17) is 5.14 Å². The summed E-state index contributed by atoms with van der Waals surface area (Å²) in [5.74, 6) is 0. The van der Waals surface area contributed by atoms with Gasteiger partial charge in [0.05, 0.1) is 9.82 Å². The maximum Gasteiger partial charge on any atom is 0.284 e. The second kappa shape index (κ2) is 6.12. The third-order valence-electron chi connectivity index (χ3n) is 2.52. The van der Waals surface area contributed by atoms with Gasteiger partial charge in [-0.1, -0.05) is 12.1 Å². The number of anilines is 1. The Labute approximate surface area is 125 Å². The predicted octanol–water partition coefficient (Wildman–Crippen LogP) is 2.36. The summed E-state index contributed by atoms with van der Waals surface area (Å²) in [6, 6.07) is 12.1. The molecule has 0 saturated heterocycles. The first kappa shape index (κ1) is 15.3. The molecule has 9 heteroatoms. The molecule has 0 bridgehead atoms. The van der Waals surface area contributed by atoms with Crippen molar-refractivity contribution in [1.82, 2.24) is 0 Å². The molecule has 0 spiro atoms. The lowest BCUT2D eigenvalue weighted by molar-refractivity contribution is -0.387. The highest BCUT2D eigenvalue weighted by molar-refractivity contribution is 8.00. The third-order valence-corrected chi connectivity index (χ3v) is 4.36. The van der Waals surface area contributed by atoms with Crippen LogP contribution in [-0.4, -0.2) is 13.3 Å². The third kappa shape index (κ3) is 3.94. The van der Waals surface area contributed by atoms with Gasteiger partial charge in [-0.3, -0.25) is 10.1 Å². The Morgan fingerprint density at radius 3 is 2.29 bits per heavy atom. The number of hydrogen-bond acceptors (Lipinski definition) is 6. The van der Waals surface area contributed by atoms with Gasteiger partial charge >= 0.3 is 0 Å². The fourth-order valence-electron chi connectivity index (χ4n) is 1.52. The van der Waals surface area contributed by atoms with Gasteiger partial charge in [-0.25, -0.2) is 13.6 Å². The number of nitrogens with zero attached hydrogens (tertiary/aromatic N) is 1. The molecule has 0 radical (unpaired) electrons. The molecule has 0 amide bonds. The molecule has 0 aliphatic heterocycles. The summed E-state index contributed by atoms with van der Waals surface area (Å²) in [7, 11) is -3.73. The molecule has 21 heavy (non-hydrogen) atoms.